The number of hydrogen-bond donors (Lipinski definition) is 1. The van der Waals surface area contributed by atoms with E-state index in [-0.39, 0.29) is 17.5 Å². The number of aromatic nitrogens is 2. The molecule has 0 unspecified atom stereocenters. The molecule has 1 aromatic heterocycles. The summed E-state index contributed by atoms with van der Waals surface area (Å²) in [5.74, 6) is -0.320. The van der Waals surface area contributed by atoms with Crippen LogP contribution >= 0.6 is 11.8 Å². The van der Waals surface area contributed by atoms with Gasteiger partial charge in [0.1, 0.15) is 5.82 Å². The van der Waals surface area contributed by atoms with Gasteiger partial charge >= 0.3 is 0 Å². The number of para-hydroxylation sites is 2. The Kier molecular flexibility index (Phi) is 4.85. The molecule has 0 aliphatic carbocycles. The number of benzene rings is 2. The van der Waals surface area contributed by atoms with Gasteiger partial charge in [-0.05, 0) is 43.7 Å². The second-order valence-electron chi connectivity index (χ2n) is 5.42. The maximum atomic E-state index is 13.3. The quantitative estimate of drug-likeness (QED) is 0.705. The molecule has 1 amide bonds. The van der Waals surface area contributed by atoms with Gasteiger partial charge in [0.05, 0.1) is 16.8 Å². The van der Waals surface area contributed by atoms with Gasteiger partial charge in [-0.3, -0.25) is 4.79 Å². The molecule has 24 heavy (non-hydrogen) atoms. The van der Waals surface area contributed by atoms with Crippen molar-refractivity contribution in [2.75, 3.05) is 11.1 Å². The van der Waals surface area contributed by atoms with Gasteiger partial charge in [-0.25, -0.2) is 9.37 Å². The highest BCUT2D eigenvalue weighted by molar-refractivity contribution is 7.99. The minimum Gasteiger partial charge on any atom is -0.325 e. The summed E-state index contributed by atoms with van der Waals surface area (Å²) >= 11 is 1.38. The smallest absolute Gasteiger partial charge is 0.234 e. The summed E-state index contributed by atoms with van der Waals surface area (Å²) in [7, 11) is 0. The Morgan fingerprint density at radius 1 is 1.29 bits per heavy atom. The molecule has 0 saturated heterocycles. The number of anilines is 1. The number of rotatable bonds is 5. The van der Waals surface area contributed by atoms with Gasteiger partial charge in [-0.15, -0.1) is 0 Å². The largest absolute Gasteiger partial charge is 0.325 e. The van der Waals surface area contributed by atoms with Crippen molar-refractivity contribution in [1.82, 2.24) is 9.55 Å². The summed E-state index contributed by atoms with van der Waals surface area (Å²) in [4.78, 5) is 16.8. The minimum atomic E-state index is -0.365. The van der Waals surface area contributed by atoms with E-state index in [9.17, 15) is 9.18 Å². The number of nitrogens with zero attached hydrogens (tertiary/aromatic N) is 2. The number of carbonyl (C=O) groups is 1. The van der Waals surface area contributed by atoms with Gasteiger partial charge in [-0.2, -0.15) is 0 Å². The van der Waals surface area contributed by atoms with Crippen LogP contribution in [0.2, 0.25) is 0 Å². The van der Waals surface area contributed by atoms with E-state index in [1.54, 1.807) is 6.07 Å². The van der Waals surface area contributed by atoms with Crippen LogP contribution in [0.3, 0.4) is 0 Å². The molecule has 2 aromatic carbocycles. The molecule has 0 aliphatic heterocycles. The predicted octanol–water partition coefficient (Wildman–Crippen LogP) is 4.23. The van der Waals surface area contributed by atoms with Crippen molar-refractivity contribution in [2.45, 2.75) is 25.5 Å². The molecule has 0 fully saturated rings. The fourth-order valence-corrected chi connectivity index (χ4v) is 3.39. The van der Waals surface area contributed by atoms with Gasteiger partial charge < -0.3 is 9.88 Å². The van der Waals surface area contributed by atoms with Crippen LogP contribution < -0.4 is 5.32 Å². The maximum absolute atomic E-state index is 13.3. The van der Waals surface area contributed by atoms with Crippen molar-refractivity contribution in [3.8, 4) is 0 Å². The fraction of sp³-hybridized carbons (Fsp3) is 0.222. The SMILES string of the molecule is CCn1c(SCC(=O)Nc2cc(F)ccc2C)nc2ccccc21. The first kappa shape index (κ1) is 16.5. The first-order valence-corrected chi connectivity index (χ1v) is 8.71. The van der Waals surface area contributed by atoms with Crippen LogP contribution in [0.5, 0.6) is 0 Å². The molecule has 0 saturated carbocycles. The van der Waals surface area contributed by atoms with E-state index in [0.29, 0.717) is 5.69 Å². The molecular formula is C18H18FN3OS. The molecule has 0 atom stereocenters. The summed E-state index contributed by atoms with van der Waals surface area (Å²) in [6.45, 7) is 4.67. The van der Waals surface area contributed by atoms with E-state index in [4.69, 9.17) is 0 Å². The average Bonchev–Trinajstić information content (AvgIpc) is 2.94. The molecule has 1 heterocycles. The highest BCUT2D eigenvalue weighted by Crippen LogP contribution is 2.24. The lowest BCUT2D eigenvalue weighted by Gasteiger charge is -2.09. The van der Waals surface area contributed by atoms with Crippen molar-refractivity contribution < 1.29 is 9.18 Å². The van der Waals surface area contributed by atoms with Gasteiger partial charge in [-0.1, -0.05) is 30.0 Å². The molecule has 0 aliphatic rings. The van der Waals surface area contributed by atoms with Crippen LogP contribution in [0.4, 0.5) is 10.1 Å². The Bertz CT molecular complexity index is 891. The predicted molar refractivity (Wildman–Crippen MR) is 95.9 cm³/mol. The minimum absolute atomic E-state index is 0.177. The van der Waals surface area contributed by atoms with Gasteiger partial charge in [0, 0.05) is 12.2 Å². The molecule has 4 nitrogen and oxygen atoms in total. The Labute approximate surface area is 144 Å². The Hall–Kier alpha value is -2.34. The zero-order valence-corrected chi connectivity index (χ0v) is 14.4. The number of imidazole rings is 1. The Morgan fingerprint density at radius 3 is 2.88 bits per heavy atom. The van der Waals surface area contributed by atoms with Gasteiger partial charge in [0.25, 0.3) is 0 Å². The number of nitrogens with one attached hydrogen (secondary N) is 1. The number of fused-ring (bicyclic) bond motifs is 1. The van der Waals surface area contributed by atoms with Crippen molar-refractivity contribution >= 4 is 34.4 Å². The molecule has 0 spiro atoms. The van der Waals surface area contributed by atoms with E-state index in [1.807, 2.05) is 38.1 Å². The number of aryl methyl sites for hydroxylation is 2. The van der Waals surface area contributed by atoms with Crippen LogP contribution in [0, 0.1) is 12.7 Å². The van der Waals surface area contributed by atoms with Crippen molar-refractivity contribution in [1.29, 1.82) is 0 Å². The van der Waals surface area contributed by atoms with Crippen molar-refractivity contribution in [2.24, 2.45) is 0 Å². The van der Waals surface area contributed by atoms with Crippen LogP contribution in [0.15, 0.2) is 47.6 Å². The third-order valence-electron chi connectivity index (χ3n) is 3.74. The van der Waals surface area contributed by atoms with Gasteiger partial charge in [0.15, 0.2) is 5.16 Å². The monoisotopic (exact) mass is 343 g/mol. The van der Waals surface area contributed by atoms with E-state index in [0.717, 1.165) is 28.3 Å². The van der Waals surface area contributed by atoms with Crippen molar-refractivity contribution in [3.05, 3.63) is 53.8 Å². The van der Waals surface area contributed by atoms with Crippen LogP contribution in [0.1, 0.15) is 12.5 Å². The maximum Gasteiger partial charge on any atom is 0.234 e. The number of hydrogen-bond acceptors (Lipinski definition) is 3. The van der Waals surface area contributed by atoms with E-state index in [1.165, 1.54) is 23.9 Å². The van der Waals surface area contributed by atoms with E-state index in [2.05, 4.69) is 14.9 Å². The first-order valence-electron chi connectivity index (χ1n) is 7.72. The summed E-state index contributed by atoms with van der Waals surface area (Å²) in [5.41, 5.74) is 3.31. The molecule has 3 rings (SSSR count). The molecule has 0 bridgehead atoms. The lowest BCUT2D eigenvalue weighted by molar-refractivity contribution is -0.113. The van der Waals surface area contributed by atoms with E-state index < -0.39 is 0 Å². The average molecular weight is 343 g/mol. The molecule has 0 radical (unpaired) electrons. The molecule has 124 valence electrons. The lowest BCUT2D eigenvalue weighted by Crippen LogP contribution is -2.15. The molecular weight excluding hydrogens is 325 g/mol. The Balaban J connectivity index is 1.71. The third kappa shape index (κ3) is 3.43. The Morgan fingerprint density at radius 2 is 2.08 bits per heavy atom. The summed E-state index contributed by atoms with van der Waals surface area (Å²) in [5, 5.41) is 3.57. The van der Waals surface area contributed by atoms with Gasteiger partial charge in [0.2, 0.25) is 5.91 Å². The topological polar surface area (TPSA) is 46.9 Å². The number of thioether (sulfide) groups is 1. The second kappa shape index (κ2) is 7.05. The normalized spacial score (nSPS) is 11.0. The zero-order valence-electron chi connectivity index (χ0n) is 13.5. The fourth-order valence-electron chi connectivity index (χ4n) is 2.51. The highest BCUT2D eigenvalue weighted by Gasteiger charge is 2.12. The highest BCUT2D eigenvalue weighted by atomic mass is 32.2. The van der Waals surface area contributed by atoms with Crippen LogP contribution in [0.25, 0.3) is 11.0 Å². The molecule has 3 aromatic rings. The molecule has 1 N–H and O–H groups in total. The zero-order chi connectivity index (χ0) is 17.1. The number of amides is 1. The first-order chi connectivity index (χ1) is 11.6. The van der Waals surface area contributed by atoms with E-state index >= 15 is 0 Å². The lowest BCUT2D eigenvalue weighted by atomic mass is 10.2. The summed E-state index contributed by atoms with van der Waals surface area (Å²) in [6, 6.07) is 12.3. The summed E-state index contributed by atoms with van der Waals surface area (Å²) in [6.07, 6.45) is 0. The van der Waals surface area contributed by atoms with Crippen LogP contribution in [-0.4, -0.2) is 21.2 Å². The second-order valence-corrected chi connectivity index (χ2v) is 6.37. The standard InChI is InChI=1S/C18H18FN3OS/c1-3-22-16-7-5-4-6-14(16)21-18(22)24-11-17(23)20-15-10-13(19)9-8-12(15)2/h4-10H,3,11H2,1-2H3,(H,20,23). The third-order valence-corrected chi connectivity index (χ3v) is 4.72. The number of carbonyl (C=O) groups excluding carboxylic acids is 1. The summed E-state index contributed by atoms with van der Waals surface area (Å²) < 4.78 is 15.4. The molecule has 6 heteroatoms. The van der Waals surface area contributed by atoms with Crippen LogP contribution in [-0.2, 0) is 11.3 Å². The van der Waals surface area contributed by atoms with Crippen molar-refractivity contribution in [3.63, 3.8) is 0 Å². The number of halogens is 1.